The van der Waals surface area contributed by atoms with Gasteiger partial charge in [-0.1, -0.05) is 78.9 Å². The van der Waals surface area contributed by atoms with E-state index in [0.29, 0.717) is 12.2 Å². The molecule has 0 radical (unpaired) electrons. The molecule has 1 N–H and O–H groups in total. The van der Waals surface area contributed by atoms with Crippen LogP contribution in [0.25, 0.3) is 0 Å². The third kappa shape index (κ3) is 6.07. The highest BCUT2D eigenvalue weighted by atomic mass is 16.5. The van der Waals surface area contributed by atoms with Crippen molar-refractivity contribution < 1.29 is 14.6 Å². The van der Waals surface area contributed by atoms with Crippen molar-refractivity contribution in [1.82, 2.24) is 0 Å². The number of ether oxygens (including phenoxy) is 1. The van der Waals surface area contributed by atoms with Crippen LogP contribution in [0.15, 0.2) is 91.0 Å². The molecule has 0 aliphatic carbocycles. The van der Waals surface area contributed by atoms with Gasteiger partial charge in [0.2, 0.25) is 0 Å². The van der Waals surface area contributed by atoms with E-state index in [4.69, 9.17) is 9.84 Å². The highest BCUT2D eigenvalue weighted by molar-refractivity contribution is 5.89. The van der Waals surface area contributed by atoms with Crippen LogP contribution in [0, 0.1) is 0 Å². The van der Waals surface area contributed by atoms with Crippen molar-refractivity contribution in [3.05, 3.63) is 108 Å². The normalized spacial score (nSPS) is 9.54. The number of aliphatic hydroxyl groups is 1. The molecule has 122 valence electrons. The van der Waals surface area contributed by atoms with Crippen LogP contribution in [0.3, 0.4) is 0 Å². The lowest BCUT2D eigenvalue weighted by Gasteiger charge is -2.04. The summed E-state index contributed by atoms with van der Waals surface area (Å²) in [5, 5.41) is 8.54. The lowest BCUT2D eigenvalue weighted by atomic mass is 10.2. The molecule has 0 saturated heterocycles. The van der Waals surface area contributed by atoms with Crippen LogP contribution in [-0.4, -0.2) is 11.1 Å². The fraction of sp³-hybridized carbons (Fsp3) is 0.0952. The van der Waals surface area contributed by atoms with Crippen LogP contribution in [0.5, 0.6) is 0 Å². The molecule has 0 saturated carbocycles. The molecule has 0 aliphatic heterocycles. The minimum Gasteiger partial charge on any atom is -0.457 e. The summed E-state index contributed by atoms with van der Waals surface area (Å²) in [6.07, 6.45) is 0. The average molecular weight is 320 g/mol. The summed E-state index contributed by atoms with van der Waals surface area (Å²) in [7, 11) is 0. The molecule has 0 amide bonds. The van der Waals surface area contributed by atoms with E-state index in [1.807, 2.05) is 78.9 Å². The Hall–Kier alpha value is -2.91. The molecule has 0 fully saturated rings. The maximum atomic E-state index is 11.6. The third-order valence-corrected chi connectivity index (χ3v) is 3.25. The summed E-state index contributed by atoms with van der Waals surface area (Å²) in [5.74, 6) is -0.288. The maximum absolute atomic E-state index is 11.6. The van der Waals surface area contributed by atoms with E-state index in [0.717, 1.165) is 11.1 Å². The van der Waals surface area contributed by atoms with Gasteiger partial charge in [-0.3, -0.25) is 0 Å². The number of hydrogen-bond donors (Lipinski definition) is 1. The highest BCUT2D eigenvalue weighted by Crippen LogP contribution is 2.05. The lowest BCUT2D eigenvalue weighted by molar-refractivity contribution is 0.0472. The molecular weight excluding hydrogens is 300 g/mol. The zero-order chi connectivity index (χ0) is 17.0. The van der Waals surface area contributed by atoms with E-state index in [2.05, 4.69) is 0 Å². The average Bonchev–Trinajstić information content (AvgIpc) is 2.69. The first-order valence-corrected chi connectivity index (χ1v) is 7.70. The van der Waals surface area contributed by atoms with Gasteiger partial charge in [-0.2, -0.15) is 0 Å². The summed E-state index contributed by atoms with van der Waals surface area (Å²) >= 11 is 0. The fourth-order valence-electron chi connectivity index (χ4n) is 1.96. The molecule has 0 aliphatic rings. The predicted octanol–water partition coefficient (Wildman–Crippen LogP) is 4.22. The number of hydrogen-bond acceptors (Lipinski definition) is 3. The highest BCUT2D eigenvalue weighted by Gasteiger charge is 2.05. The van der Waals surface area contributed by atoms with Crippen molar-refractivity contribution >= 4 is 5.97 Å². The van der Waals surface area contributed by atoms with Gasteiger partial charge in [0.15, 0.2) is 0 Å². The molecule has 24 heavy (non-hydrogen) atoms. The zero-order valence-corrected chi connectivity index (χ0v) is 13.3. The Bertz CT molecular complexity index is 710. The second-order valence-electron chi connectivity index (χ2n) is 5.07. The Balaban J connectivity index is 0.000000219. The van der Waals surface area contributed by atoms with Gasteiger partial charge in [-0.15, -0.1) is 0 Å². The number of carbonyl (C=O) groups is 1. The molecule has 0 aromatic heterocycles. The van der Waals surface area contributed by atoms with Gasteiger partial charge in [0.1, 0.15) is 6.61 Å². The van der Waals surface area contributed by atoms with Crippen LogP contribution in [-0.2, 0) is 18.0 Å². The second-order valence-corrected chi connectivity index (χ2v) is 5.07. The molecule has 0 spiro atoms. The standard InChI is InChI=1S/C14H12O2.C7H8O/c15-14(13-9-5-2-6-10-13)16-11-12-7-3-1-4-8-12;8-6-7-4-2-1-3-5-7/h1-10H,11H2;1-5,8H,6H2. The van der Waals surface area contributed by atoms with Gasteiger partial charge >= 0.3 is 5.97 Å². The molecule has 0 atom stereocenters. The Morgan fingerprint density at radius 3 is 1.62 bits per heavy atom. The second kappa shape index (κ2) is 9.98. The van der Waals surface area contributed by atoms with Gasteiger partial charge in [0.05, 0.1) is 12.2 Å². The van der Waals surface area contributed by atoms with Crippen molar-refractivity contribution in [2.24, 2.45) is 0 Å². The SMILES string of the molecule is O=C(OCc1ccccc1)c1ccccc1.OCc1ccccc1. The van der Waals surface area contributed by atoms with Crippen LogP contribution in [0.2, 0.25) is 0 Å². The first-order chi connectivity index (χ1) is 11.8. The van der Waals surface area contributed by atoms with Crippen LogP contribution in [0.4, 0.5) is 0 Å². The largest absolute Gasteiger partial charge is 0.457 e. The molecule has 3 rings (SSSR count). The number of aliphatic hydroxyl groups excluding tert-OH is 1. The number of benzene rings is 3. The number of carbonyl (C=O) groups excluding carboxylic acids is 1. The molecule has 3 nitrogen and oxygen atoms in total. The topological polar surface area (TPSA) is 46.5 Å². The Morgan fingerprint density at radius 1 is 0.708 bits per heavy atom. The molecule has 3 aromatic rings. The molecule has 0 heterocycles. The van der Waals surface area contributed by atoms with E-state index < -0.39 is 0 Å². The van der Waals surface area contributed by atoms with E-state index >= 15 is 0 Å². The molecule has 3 aromatic carbocycles. The van der Waals surface area contributed by atoms with Crippen molar-refractivity contribution in [2.45, 2.75) is 13.2 Å². The van der Waals surface area contributed by atoms with Crippen LogP contribution < -0.4 is 0 Å². The van der Waals surface area contributed by atoms with Crippen LogP contribution >= 0.6 is 0 Å². The predicted molar refractivity (Wildman–Crippen MR) is 94.4 cm³/mol. The van der Waals surface area contributed by atoms with Gasteiger partial charge in [-0.25, -0.2) is 4.79 Å². The summed E-state index contributed by atoms with van der Waals surface area (Å²) < 4.78 is 5.18. The Labute approximate surface area is 142 Å². The quantitative estimate of drug-likeness (QED) is 0.732. The van der Waals surface area contributed by atoms with Crippen molar-refractivity contribution in [1.29, 1.82) is 0 Å². The Kier molecular flexibility index (Phi) is 7.25. The molecular formula is C21H20O3. The van der Waals surface area contributed by atoms with E-state index in [-0.39, 0.29) is 12.6 Å². The van der Waals surface area contributed by atoms with E-state index in [9.17, 15) is 4.79 Å². The van der Waals surface area contributed by atoms with Crippen LogP contribution in [0.1, 0.15) is 21.5 Å². The Morgan fingerprint density at radius 2 is 1.17 bits per heavy atom. The third-order valence-electron chi connectivity index (χ3n) is 3.25. The van der Waals surface area contributed by atoms with Gasteiger partial charge < -0.3 is 9.84 Å². The molecule has 0 unspecified atom stereocenters. The number of esters is 1. The summed E-state index contributed by atoms with van der Waals surface area (Å²) in [6, 6.07) is 28.2. The van der Waals surface area contributed by atoms with Crippen molar-refractivity contribution in [2.75, 3.05) is 0 Å². The smallest absolute Gasteiger partial charge is 0.338 e. The van der Waals surface area contributed by atoms with Crippen molar-refractivity contribution in [3.8, 4) is 0 Å². The first kappa shape index (κ1) is 17.4. The monoisotopic (exact) mass is 320 g/mol. The van der Waals surface area contributed by atoms with Gasteiger partial charge in [0.25, 0.3) is 0 Å². The van der Waals surface area contributed by atoms with E-state index in [1.54, 1.807) is 12.1 Å². The zero-order valence-electron chi connectivity index (χ0n) is 13.3. The lowest BCUT2D eigenvalue weighted by Crippen LogP contribution is -2.04. The van der Waals surface area contributed by atoms with Gasteiger partial charge in [-0.05, 0) is 23.3 Å². The fourth-order valence-corrected chi connectivity index (χ4v) is 1.96. The van der Waals surface area contributed by atoms with Crippen molar-refractivity contribution in [3.63, 3.8) is 0 Å². The van der Waals surface area contributed by atoms with Gasteiger partial charge in [0, 0.05) is 0 Å². The minimum atomic E-state index is -0.288. The molecule has 0 bridgehead atoms. The first-order valence-electron chi connectivity index (χ1n) is 7.70. The molecule has 3 heteroatoms. The maximum Gasteiger partial charge on any atom is 0.338 e. The minimum absolute atomic E-state index is 0.140. The van der Waals surface area contributed by atoms with E-state index in [1.165, 1.54) is 0 Å². The summed E-state index contributed by atoms with van der Waals surface area (Å²) in [5.41, 5.74) is 2.54. The summed E-state index contributed by atoms with van der Waals surface area (Å²) in [6.45, 7) is 0.454. The summed E-state index contributed by atoms with van der Waals surface area (Å²) in [4.78, 5) is 11.6. The number of rotatable bonds is 4.